The van der Waals surface area contributed by atoms with E-state index in [4.69, 9.17) is 5.73 Å². The van der Waals surface area contributed by atoms with Crippen LogP contribution >= 0.6 is 0 Å². The summed E-state index contributed by atoms with van der Waals surface area (Å²) < 4.78 is 0. The molecule has 6 heteroatoms. The van der Waals surface area contributed by atoms with E-state index in [9.17, 15) is 14.7 Å². The standard InChI is InChI=1S/C12H17N3O3/c13-6-11(17)14-7-12(18)15-10(8-16)9-4-2-1-3-5-9/h1-5,10,16H,6-8,13H2,(H,14,17)(H,15,18). The smallest absolute Gasteiger partial charge is 0.239 e. The van der Waals surface area contributed by atoms with Crippen LogP contribution in [0.3, 0.4) is 0 Å². The van der Waals surface area contributed by atoms with Crippen molar-refractivity contribution in [2.75, 3.05) is 19.7 Å². The molecule has 6 nitrogen and oxygen atoms in total. The lowest BCUT2D eigenvalue weighted by molar-refractivity contribution is -0.125. The van der Waals surface area contributed by atoms with Crippen LogP contribution in [0, 0.1) is 0 Å². The summed E-state index contributed by atoms with van der Waals surface area (Å²) in [7, 11) is 0. The Morgan fingerprint density at radius 2 is 1.89 bits per heavy atom. The van der Waals surface area contributed by atoms with Crippen LogP contribution in [0.1, 0.15) is 11.6 Å². The predicted octanol–water partition coefficient (Wildman–Crippen LogP) is -1.09. The van der Waals surface area contributed by atoms with Crippen LogP contribution in [-0.2, 0) is 9.59 Å². The molecule has 1 atom stereocenters. The minimum atomic E-state index is -0.478. The molecule has 0 fully saturated rings. The van der Waals surface area contributed by atoms with Crippen molar-refractivity contribution in [1.29, 1.82) is 0 Å². The lowest BCUT2D eigenvalue weighted by atomic mass is 10.1. The van der Waals surface area contributed by atoms with E-state index in [0.29, 0.717) is 0 Å². The topological polar surface area (TPSA) is 104 Å². The van der Waals surface area contributed by atoms with Gasteiger partial charge in [0, 0.05) is 0 Å². The van der Waals surface area contributed by atoms with Gasteiger partial charge in [0.15, 0.2) is 0 Å². The molecule has 0 aromatic heterocycles. The van der Waals surface area contributed by atoms with E-state index >= 15 is 0 Å². The maximum absolute atomic E-state index is 11.5. The molecule has 1 aromatic carbocycles. The van der Waals surface area contributed by atoms with Gasteiger partial charge in [-0.3, -0.25) is 9.59 Å². The normalized spacial score (nSPS) is 11.7. The van der Waals surface area contributed by atoms with Crippen LogP contribution < -0.4 is 16.4 Å². The van der Waals surface area contributed by atoms with Gasteiger partial charge in [-0.05, 0) is 5.56 Å². The van der Waals surface area contributed by atoms with Gasteiger partial charge in [-0.1, -0.05) is 30.3 Å². The van der Waals surface area contributed by atoms with Crippen molar-refractivity contribution in [3.8, 4) is 0 Å². The quantitative estimate of drug-likeness (QED) is 0.515. The Morgan fingerprint density at radius 1 is 1.22 bits per heavy atom. The largest absolute Gasteiger partial charge is 0.394 e. The second-order valence-corrected chi connectivity index (χ2v) is 3.69. The van der Waals surface area contributed by atoms with E-state index in [0.717, 1.165) is 5.56 Å². The summed E-state index contributed by atoms with van der Waals surface area (Å²) in [6.07, 6.45) is 0. The van der Waals surface area contributed by atoms with Crippen LogP contribution in [0.5, 0.6) is 0 Å². The number of carbonyl (C=O) groups is 2. The predicted molar refractivity (Wildman–Crippen MR) is 66.5 cm³/mol. The van der Waals surface area contributed by atoms with Gasteiger partial charge >= 0.3 is 0 Å². The number of carbonyl (C=O) groups excluding carboxylic acids is 2. The van der Waals surface area contributed by atoms with Gasteiger partial charge in [0.1, 0.15) is 0 Å². The van der Waals surface area contributed by atoms with E-state index in [-0.39, 0.29) is 25.6 Å². The van der Waals surface area contributed by atoms with Gasteiger partial charge in [0.2, 0.25) is 11.8 Å². The van der Waals surface area contributed by atoms with Gasteiger partial charge in [0.25, 0.3) is 0 Å². The summed E-state index contributed by atoms with van der Waals surface area (Å²) in [5, 5.41) is 14.2. The van der Waals surface area contributed by atoms with Crippen molar-refractivity contribution in [1.82, 2.24) is 10.6 Å². The molecule has 0 radical (unpaired) electrons. The van der Waals surface area contributed by atoms with Crippen molar-refractivity contribution < 1.29 is 14.7 Å². The van der Waals surface area contributed by atoms with Gasteiger partial charge in [-0.2, -0.15) is 0 Å². The molecular formula is C12H17N3O3. The van der Waals surface area contributed by atoms with E-state index in [2.05, 4.69) is 10.6 Å². The Balaban J connectivity index is 2.49. The van der Waals surface area contributed by atoms with Gasteiger partial charge in [-0.25, -0.2) is 0 Å². The zero-order valence-corrected chi connectivity index (χ0v) is 9.93. The van der Waals surface area contributed by atoms with Crippen LogP contribution in [0.2, 0.25) is 0 Å². The number of aliphatic hydroxyl groups is 1. The summed E-state index contributed by atoms with van der Waals surface area (Å²) in [6, 6.07) is 8.62. The Hall–Kier alpha value is -1.92. The van der Waals surface area contributed by atoms with Crippen LogP contribution in [0.25, 0.3) is 0 Å². The van der Waals surface area contributed by atoms with Crippen molar-refractivity contribution in [2.45, 2.75) is 6.04 Å². The summed E-state index contributed by atoms with van der Waals surface area (Å²) in [6.45, 7) is -0.519. The number of hydrogen-bond acceptors (Lipinski definition) is 4. The van der Waals surface area contributed by atoms with Crippen LogP contribution in [-0.4, -0.2) is 36.6 Å². The van der Waals surface area contributed by atoms with Crippen LogP contribution in [0.15, 0.2) is 30.3 Å². The molecule has 0 aliphatic carbocycles. The zero-order valence-electron chi connectivity index (χ0n) is 9.93. The molecule has 5 N–H and O–H groups in total. The molecule has 0 saturated carbocycles. The highest BCUT2D eigenvalue weighted by Crippen LogP contribution is 2.10. The molecular weight excluding hydrogens is 234 g/mol. The molecule has 0 aliphatic rings. The highest BCUT2D eigenvalue weighted by Gasteiger charge is 2.13. The average molecular weight is 251 g/mol. The van der Waals surface area contributed by atoms with E-state index in [1.807, 2.05) is 18.2 Å². The highest BCUT2D eigenvalue weighted by molar-refractivity contribution is 5.85. The van der Waals surface area contributed by atoms with Crippen LogP contribution in [0.4, 0.5) is 0 Å². The molecule has 0 saturated heterocycles. The second-order valence-electron chi connectivity index (χ2n) is 3.69. The second kappa shape index (κ2) is 7.41. The van der Waals surface area contributed by atoms with E-state index < -0.39 is 11.9 Å². The van der Waals surface area contributed by atoms with Gasteiger partial charge in [-0.15, -0.1) is 0 Å². The summed E-state index contributed by atoms with van der Waals surface area (Å²) >= 11 is 0. The fraction of sp³-hybridized carbons (Fsp3) is 0.333. The number of nitrogens with two attached hydrogens (primary N) is 1. The molecule has 0 heterocycles. The number of hydrogen-bond donors (Lipinski definition) is 4. The third-order valence-electron chi connectivity index (χ3n) is 2.35. The molecule has 0 bridgehead atoms. The lowest BCUT2D eigenvalue weighted by Crippen LogP contribution is -2.41. The SMILES string of the molecule is NCC(=O)NCC(=O)NC(CO)c1ccccc1. The molecule has 1 unspecified atom stereocenters. The Labute approximate surface area is 105 Å². The molecule has 0 aliphatic heterocycles. The first kappa shape index (κ1) is 14.1. The Morgan fingerprint density at radius 3 is 2.44 bits per heavy atom. The minimum Gasteiger partial charge on any atom is -0.394 e. The summed E-state index contributed by atoms with van der Waals surface area (Å²) in [4.78, 5) is 22.4. The third kappa shape index (κ3) is 4.52. The maximum atomic E-state index is 11.5. The zero-order chi connectivity index (χ0) is 13.4. The first-order chi connectivity index (χ1) is 8.67. The van der Waals surface area contributed by atoms with Crippen molar-refractivity contribution in [3.05, 3.63) is 35.9 Å². The highest BCUT2D eigenvalue weighted by atomic mass is 16.3. The Bertz CT molecular complexity index is 395. The molecule has 0 spiro atoms. The van der Waals surface area contributed by atoms with Crippen molar-refractivity contribution in [2.24, 2.45) is 5.73 Å². The maximum Gasteiger partial charge on any atom is 0.239 e. The van der Waals surface area contributed by atoms with Crippen molar-refractivity contribution >= 4 is 11.8 Å². The number of benzene rings is 1. The van der Waals surface area contributed by atoms with Gasteiger partial charge in [0.05, 0.1) is 25.7 Å². The molecule has 18 heavy (non-hydrogen) atoms. The monoisotopic (exact) mass is 251 g/mol. The Kier molecular flexibility index (Phi) is 5.83. The molecule has 2 amide bonds. The first-order valence-corrected chi connectivity index (χ1v) is 5.59. The number of amides is 2. The number of aliphatic hydroxyl groups excluding tert-OH is 1. The summed E-state index contributed by atoms with van der Waals surface area (Å²) in [5.41, 5.74) is 5.90. The van der Waals surface area contributed by atoms with Crippen molar-refractivity contribution in [3.63, 3.8) is 0 Å². The molecule has 98 valence electrons. The number of rotatable bonds is 6. The number of nitrogens with one attached hydrogen (secondary N) is 2. The third-order valence-corrected chi connectivity index (χ3v) is 2.35. The molecule has 1 rings (SSSR count). The molecule has 1 aromatic rings. The van der Waals surface area contributed by atoms with E-state index in [1.165, 1.54) is 0 Å². The fourth-order valence-electron chi connectivity index (χ4n) is 1.42. The summed E-state index contributed by atoms with van der Waals surface area (Å²) in [5.74, 6) is -0.773. The fourth-order valence-corrected chi connectivity index (χ4v) is 1.42. The lowest BCUT2D eigenvalue weighted by Gasteiger charge is -2.16. The minimum absolute atomic E-state index is 0.153. The van der Waals surface area contributed by atoms with E-state index in [1.54, 1.807) is 12.1 Å². The van der Waals surface area contributed by atoms with Gasteiger partial charge < -0.3 is 21.5 Å². The first-order valence-electron chi connectivity index (χ1n) is 5.59. The average Bonchev–Trinajstić information content (AvgIpc) is 2.43.